The molecule has 2 aromatic rings. The predicted octanol–water partition coefficient (Wildman–Crippen LogP) is 2.89. The summed E-state index contributed by atoms with van der Waals surface area (Å²) >= 11 is 0. The summed E-state index contributed by atoms with van der Waals surface area (Å²) in [5.74, 6) is -0.0930. The Balaban J connectivity index is 1.93. The maximum absolute atomic E-state index is 13.3. The van der Waals surface area contributed by atoms with Crippen LogP contribution in [0, 0.1) is 18.7 Å². The van der Waals surface area contributed by atoms with Gasteiger partial charge in [-0.05, 0) is 42.7 Å². The van der Waals surface area contributed by atoms with E-state index in [0.29, 0.717) is 37.4 Å². The third-order valence-corrected chi connectivity index (χ3v) is 5.34. The van der Waals surface area contributed by atoms with Gasteiger partial charge in [-0.1, -0.05) is 26.0 Å². The zero-order chi connectivity index (χ0) is 21.1. The Labute approximate surface area is 170 Å². The van der Waals surface area contributed by atoms with Crippen LogP contribution in [-0.4, -0.2) is 40.8 Å². The number of aryl methyl sites for hydroxylation is 1. The van der Waals surface area contributed by atoms with Gasteiger partial charge in [0.1, 0.15) is 11.6 Å². The second-order valence-corrected chi connectivity index (χ2v) is 7.84. The van der Waals surface area contributed by atoms with E-state index < -0.39 is 5.91 Å². The van der Waals surface area contributed by atoms with Crippen molar-refractivity contribution >= 4 is 17.6 Å². The molecule has 1 fully saturated rings. The normalized spacial score (nSPS) is 17.6. The molecule has 2 amide bonds. The number of hydrogen-bond acceptors (Lipinski definition) is 4. The molecule has 2 heterocycles. The first kappa shape index (κ1) is 20.8. The van der Waals surface area contributed by atoms with Crippen molar-refractivity contribution < 1.29 is 14.0 Å². The van der Waals surface area contributed by atoms with Crippen molar-refractivity contribution in [1.29, 1.82) is 0 Å². The molecule has 2 N–H and O–H groups in total. The van der Waals surface area contributed by atoms with Gasteiger partial charge in [0, 0.05) is 31.7 Å². The number of amides is 2. The van der Waals surface area contributed by atoms with E-state index in [1.54, 1.807) is 24.3 Å². The van der Waals surface area contributed by atoms with Gasteiger partial charge in [-0.2, -0.15) is 0 Å². The Morgan fingerprint density at radius 2 is 1.93 bits per heavy atom. The topological polar surface area (TPSA) is 79.5 Å². The number of benzene rings is 1. The summed E-state index contributed by atoms with van der Waals surface area (Å²) in [7, 11) is 0. The molecular formula is C22H27FN4O2. The van der Waals surface area contributed by atoms with Crippen molar-refractivity contribution in [3.63, 3.8) is 0 Å². The smallest absolute Gasteiger partial charge is 0.252 e. The Morgan fingerprint density at radius 1 is 1.24 bits per heavy atom. The molecule has 0 bridgehead atoms. The predicted molar refractivity (Wildman–Crippen MR) is 110 cm³/mol. The molecule has 1 aliphatic rings. The Morgan fingerprint density at radius 3 is 2.55 bits per heavy atom. The van der Waals surface area contributed by atoms with E-state index >= 15 is 0 Å². The van der Waals surface area contributed by atoms with Crippen molar-refractivity contribution in [3.8, 4) is 0 Å². The molecule has 1 atom stereocenters. The molecule has 3 rings (SSSR count). The number of pyridine rings is 1. The average Bonchev–Trinajstić information content (AvgIpc) is 2.83. The molecule has 0 saturated carbocycles. The largest absolute Gasteiger partial charge is 0.365 e. The van der Waals surface area contributed by atoms with Crippen molar-refractivity contribution in [2.45, 2.75) is 39.8 Å². The zero-order valence-electron chi connectivity index (χ0n) is 17.1. The van der Waals surface area contributed by atoms with Gasteiger partial charge in [0.25, 0.3) is 5.91 Å². The van der Waals surface area contributed by atoms with E-state index in [1.165, 1.54) is 12.1 Å². The van der Waals surface area contributed by atoms with Crippen LogP contribution in [0.3, 0.4) is 0 Å². The molecule has 7 heteroatoms. The van der Waals surface area contributed by atoms with Crippen LogP contribution in [0.1, 0.15) is 41.9 Å². The van der Waals surface area contributed by atoms with Gasteiger partial charge < -0.3 is 15.5 Å². The maximum Gasteiger partial charge on any atom is 0.252 e. The monoisotopic (exact) mass is 398 g/mol. The molecule has 1 aromatic carbocycles. The number of carbonyl (C=O) groups excluding carboxylic acids is 2. The van der Waals surface area contributed by atoms with Crippen LogP contribution in [0.5, 0.6) is 0 Å². The lowest BCUT2D eigenvalue weighted by Gasteiger charge is -2.35. The quantitative estimate of drug-likeness (QED) is 0.840. The number of rotatable bonds is 5. The Kier molecular flexibility index (Phi) is 6.15. The summed E-state index contributed by atoms with van der Waals surface area (Å²) in [5.41, 5.74) is 7.58. The van der Waals surface area contributed by atoms with Crippen molar-refractivity contribution in [1.82, 2.24) is 9.88 Å². The fourth-order valence-corrected chi connectivity index (χ4v) is 3.71. The molecule has 1 saturated heterocycles. The van der Waals surface area contributed by atoms with Crippen molar-refractivity contribution in [2.24, 2.45) is 11.7 Å². The molecular weight excluding hydrogens is 371 g/mol. The molecule has 1 aromatic heterocycles. The molecule has 0 spiro atoms. The molecule has 29 heavy (non-hydrogen) atoms. The van der Waals surface area contributed by atoms with Crippen LogP contribution >= 0.6 is 0 Å². The molecule has 154 valence electrons. The van der Waals surface area contributed by atoms with Gasteiger partial charge in [-0.3, -0.25) is 9.59 Å². The third kappa shape index (κ3) is 4.72. The molecule has 0 aliphatic carbocycles. The highest BCUT2D eigenvalue weighted by atomic mass is 19.1. The summed E-state index contributed by atoms with van der Waals surface area (Å²) in [5, 5.41) is 0. The summed E-state index contributed by atoms with van der Waals surface area (Å²) in [6.45, 7) is 7.41. The number of anilines is 1. The van der Waals surface area contributed by atoms with Gasteiger partial charge in [-0.15, -0.1) is 0 Å². The molecule has 0 radical (unpaired) electrons. The van der Waals surface area contributed by atoms with Crippen molar-refractivity contribution in [2.75, 3.05) is 18.0 Å². The van der Waals surface area contributed by atoms with Crippen LogP contribution in [0.4, 0.5) is 10.2 Å². The Bertz CT molecular complexity index is 898. The average molecular weight is 398 g/mol. The number of nitrogens with two attached hydrogens (primary N) is 1. The fraction of sp³-hybridized carbons (Fsp3) is 0.409. The van der Waals surface area contributed by atoms with Crippen LogP contribution in [0.15, 0.2) is 36.4 Å². The van der Waals surface area contributed by atoms with Crippen LogP contribution in [-0.2, 0) is 11.3 Å². The minimum absolute atomic E-state index is 0.0313. The van der Waals surface area contributed by atoms with E-state index in [4.69, 9.17) is 5.73 Å². The summed E-state index contributed by atoms with van der Waals surface area (Å²) in [6.07, 6.45) is 0.304. The highest BCUT2D eigenvalue weighted by Gasteiger charge is 2.33. The highest BCUT2D eigenvalue weighted by Crippen LogP contribution is 2.26. The van der Waals surface area contributed by atoms with E-state index in [1.807, 2.05) is 16.7 Å². The lowest BCUT2D eigenvalue weighted by molar-refractivity contribution is -0.134. The maximum atomic E-state index is 13.3. The Hall–Kier alpha value is -2.96. The first-order chi connectivity index (χ1) is 13.8. The van der Waals surface area contributed by atoms with Gasteiger partial charge in [0.15, 0.2) is 0 Å². The lowest BCUT2D eigenvalue weighted by Crippen LogP contribution is -2.46. The van der Waals surface area contributed by atoms with E-state index in [0.717, 1.165) is 11.3 Å². The van der Waals surface area contributed by atoms with Gasteiger partial charge in [0.05, 0.1) is 11.6 Å². The summed E-state index contributed by atoms with van der Waals surface area (Å²) in [4.78, 5) is 33.3. The van der Waals surface area contributed by atoms with Crippen molar-refractivity contribution in [3.05, 3.63) is 59.0 Å². The summed E-state index contributed by atoms with van der Waals surface area (Å²) < 4.78 is 13.3. The third-order valence-electron chi connectivity index (χ3n) is 5.34. The van der Waals surface area contributed by atoms with Gasteiger partial charge in [0.2, 0.25) is 5.91 Å². The number of carbonyl (C=O) groups is 2. The van der Waals surface area contributed by atoms with Gasteiger partial charge >= 0.3 is 0 Å². The minimum Gasteiger partial charge on any atom is -0.365 e. The standard InChI is InChI=1S/C22H27FN4O2/c1-14(2)19-13-26(22-18(21(24)29)9-4-15(3)25-22)11-10-20(28)27(19)12-16-5-7-17(23)8-6-16/h4-9,14,19H,10-13H2,1-3H3,(H2,24,29)/t19-/m1/s1. The SMILES string of the molecule is Cc1ccc(C(N)=O)c(N2CCC(=O)N(Cc3ccc(F)cc3)[C@@H](C(C)C)C2)n1. The number of aromatic nitrogens is 1. The van der Waals surface area contributed by atoms with E-state index in [-0.39, 0.29) is 23.7 Å². The molecule has 6 nitrogen and oxygen atoms in total. The lowest BCUT2D eigenvalue weighted by atomic mass is 10.0. The number of nitrogens with zero attached hydrogens (tertiary/aromatic N) is 3. The molecule has 1 aliphatic heterocycles. The highest BCUT2D eigenvalue weighted by molar-refractivity contribution is 5.97. The van der Waals surface area contributed by atoms with E-state index in [2.05, 4.69) is 18.8 Å². The fourth-order valence-electron chi connectivity index (χ4n) is 3.71. The van der Waals surface area contributed by atoms with Crippen LogP contribution < -0.4 is 10.6 Å². The van der Waals surface area contributed by atoms with Crippen LogP contribution in [0.25, 0.3) is 0 Å². The van der Waals surface area contributed by atoms with Gasteiger partial charge in [-0.25, -0.2) is 9.37 Å². The minimum atomic E-state index is -0.535. The van der Waals surface area contributed by atoms with E-state index in [9.17, 15) is 14.0 Å². The second-order valence-electron chi connectivity index (χ2n) is 7.84. The second kappa shape index (κ2) is 8.59. The van der Waals surface area contributed by atoms with Crippen LogP contribution in [0.2, 0.25) is 0 Å². The first-order valence-corrected chi connectivity index (χ1v) is 9.82. The number of primary amides is 1. The first-order valence-electron chi connectivity index (χ1n) is 9.82. The number of hydrogen-bond donors (Lipinski definition) is 1. The summed E-state index contributed by atoms with van der Waals surface area (Å²) in [6, 6.07) is 9.58. The number of halogens is 1. The molecule has 0 unspecified atom stereocenters. The zero-order valence-corrected chi connectivity index (χ0v) is 17.1.